The Labute approximate surface area is 176 Å². The number of halogens is 2. The van der Waals surface area contributed by atoms with Crippen LogP contribution in [0.15, 0.2) is 48.5 Å². The van der Waals surface area contributed by atoms with Gasteiger partial charge in [0.15, 0.2) is 0 Å². The van der Waals surface area contributed by atoms with E-state index in [0.717, 1.165) is 31.4 Å². The summed E-state index contributed by atoms with van der Waals surface area (Å²) in [6, 6.07) is 12.7. The quantitative estimate of drug-likeness (QED) is 0.770. The highest BCUT2D eigenvalue weighted by atomic mass is 19.1. The van der Waals surface area contributed by atoms with Crippen molar-refractivity contribution in [1.29, 1.82) is 0 Å². The molecule has 0 aromatic heterocycles. The van der Waals surface area contributed by atoms with E-state index in [1.165, 1.54) is 11.6 Å². The van der Waals surface area contributed by atoms with Gasteiger partial charge in [-0.25, -0.2) is 8.78 Å². The molecule has 160 valence electrons. The fourth-order valence-corrected chi connectivity index (χ4v) is 3.94. The number of piperidine rings is 1. The topological polar surface area (TPSA) is 49.4 Å². The van der Waals surface area contributed by atoms with Gasteiger partial charge < -0.3 is 10.2 Å². The molecule has 1 unspecified atom stereocenters. The van der Waals surface area contributed by atoms with Crippen LogP contribution in [-0.2, 0) is 11.2 Å². The maximum Gasteiger partial charge on any atom is 0.257 e. The molecular formula is C24H28F2N2O2. The van der Waals surface area contributed by atoms with E-state index in [1.54, 1.807) is 4.90 Å². The number of likely N-dealkylation sites (tertiary alicyclic amines) is 1. The number of hydrogen-bond donors (Lipinski definition) is 1. The molecule has 2 amide bonds. The van der Waals surface area contributed by atoms with Crippen LogP contribution in [0.5, 0.6) is 0 Å². The lowest BCUT2D eigenvalue weighted by atomic mass is 9.89. The van der Waals surface area contributed by atoms with Crippen molar-refractivity contribution < 1.29 is 18.4 Å². The Morgan fingerprint density at radius 2 is 1.60 bits per heavy atom. The Kier molecular flexibility index (Phi) is 7.19. The van der Waals surface area contributed by atoms with Crippen LogP contribution in [0.25, 0.3) is 0 Å². The van der Waals surface area contributed by atoms with Gasteiger partial charge in [0.1, 0.15) is 23.2 Å². The minimum Gasteiger partial charge on any atom is -0.341 e. The largest absolute Gasteiger partial charge is 0.341 e. The zero-order chi connectivity index (χ0) is 21.7. The summed E-state index contributed by atoms with van der Waals surface area (Å²) in [6.45, 7) is 4.85. The normalized spacial score (nSPS) is 15.8. The molecule has 1 atom stereocenters. The summed E-state index contributed by atoms with van der Waals surface area (Å²) in [5.41, 5.74) is 0.638. The van der Waals surface area contributed by atoms with E-state index in [-0.39, 0.29) is 11.8 Å². The monoisotopic (exact) mass is 414 g/mol. The molecule has 6 heteroatoms. The molecule has 2 aromatic carbocycles. The first kappa shape index (κ1) is 21.9. The molecule has 1 saturated heterocycles. The predicted octanol–water partition coefficient (Wildman–Crippen LogP) is 4.20. The third kappa shape index (κ3) is 5.23. The number of rotatable bonds is 6. The highest BCUT2D eigenvalue weighted by Crippen LogP contribution is 2.23. The first-order valence-electron chi connectivity index (χ1n) is 10.4. The summed E-state index contributed by atoms with van der Waals surface area (Å²) in [4.78, 5) is 27.3. The predicted molar refractivity (Wildman–Crippen MR) is 112 cm³/mol. The van der Waals surface area contributed by atoms with Gasteiger partial charge in [-0.1, -0.05) is 50.2 Å². The van der Waals surface area contributed by atoms with Crippen molar-refractivity contribution in [2.24, 2.45) is 11.8 Å². The summed E-state index contributed by atoms with van der Waals surface area (Å²) < 4.78 is 27.9. The Bertz CT molecular complexity index is 858. The lowest BCUT2D eigenvalue weighted by molar-refractivity contribution is -0.135. The first-order chi connectivity index (χ1) is 14.4. The van der Waals surface area contributed by atoms with E-state index in [9.17, 15) is 18.4 Å². The van der Waals surface area contributed by atoms with E-state index in [1.807, 2.05) is 32.0 Å². The molecule has 4 nitrogen and oxygen atoms in total. The van der Waals surface area contributed by atoms with Crippen molar-refractivity contribution in [3.63, 3.8) is 0 Å². The summed E-state index contributed by atoms with van der Waals surface area (Å²) in [6.07, 6.45) is 2.77. The second-order valence-corrected chi connectivity index (χ2v) is 8.25. The first-order valence-corrected chi connectivity index (χ1v) is 10.4. The van der Waals surface area contributed by atoms with Crippen molar-refractivity contribution in [2.75, 3.05) is 13.1 Å². The molecule has 0 saturated carbocycles. The molecular weight excluding hydrogens is 386 g/mol. The van der Waals surface area contributed by atoms with Crippen molar-refractivity contribution in [1.82, 2.24) is 10.2 Å². The molecule has 0 spiro atoms. The highest BCUT2D eigenvalue weighted by Gasteiger charge is 2.32. The third-order valence-electron chi connectivity index (χ3n) is 5.70. The molecule has 1 fully saturated rings. The molecule has 1 aliphatic heterocycles. The minimum absolute atomic E-state index is 0.201. The SMILES string of the molecule is CC(C)C(NC(=O)c1c(F)cccc1F)C(=O)N1CCC(Cc2ccccc2)CC1. The zero-order valence-electron chi connectivity index (χ0n) is 17.4. The molecule has 1 aliphatic rings. The maximum absolute atomic E-state index is 13.9. The molecule has 0 aliphatic carbocycles. The van der Waals surface area contributed by atoms with Gasteiger partial charge in [0.25, 0.3) is 5.91 Å². The van der Waals surface area contributed by atoms with Crippen molar-refractivity contribution in [3.05, 3.63) is 71.3 Å². The minimum atomic E-state index is -0.941. The van der Waals surface area contributed by atoms with Gasteiger partial charge in [-0.15, -0.1) is 0 Å². The highest BCUT2D eigenvalue weighted by molar-refractivity contribution is 5.98. The molecule has 0 radical (unpaired) electrons. The van der Waals surface area contributed by atoms with Gasteiger partial charge in [-0.05, 0) is 48.8 Å². The standard InChI is InChI=1S/C24H28F2N2O2/c1-16(2)22(27-23(29)21-19(25)9-6-10-20(21)26)24(30)28-13-11-18(12-14-28)15-17-7-4-3-5-8-17/h3-10,16,18,22H,11-15H2,1-2H3,(H,27,29). The lowest BCUT2D eigenvalue weighted by Crippen LogP contribution is -2.53. The number of hydrogen-bond acceptors (Lipinski definition) is 2. The fraction of sp³-hybridized carbons (Fsp3) is 0.417. The second kappa shape index (κ2) is 9.83. The third-order valence-corrected chi connectivity index (χ3v) is 5.70. The Morgan fingerprint density at radius 1 is 1.00 bits per heavy atom. The van der Waals surface area contributed by atoms with E-state index in [0.29, 0.717) is 19.0 Å². The summed E-state index contributed by atoms with van der Waals surface area (Å²) in [5, 5.41) is 2.55. The smallest absolute Gasteiger partial charge is 0.257 e. The van der Waals surface area contributed by atoms with Crippen LogP contribution in [0.3, 0.4) is 0 Å². The summed E-state index contributed by atoms with van der Waals surface area (Å²) in [5.74, 6) is -2.69. The Balaban J connectivity index is 1.61. The van der Waals surface area contributed by atoms with Crippen molar-refractivity contribution in [2.45, 2.75) is 39.2 Å². The van der Waals surface area contributed by atoms with Gasteiger partial charge in [0, 0.05) is 13.1 Å². The number of amides is 2. The maximum atomic E-state index is 13.9. The molecule has 30 heavy (non-hydrogen) atoms. The van der Waals surface area contributed by atoms with Gasteiger partial charge in [0.2, 0.25) is 5.91 Å². The van der Waals surface area contributed by atoms with Gasteiger partial charge in [0.05, 0.1) is 0 Å². The fourth-order valence-electron chi connectivity index (χ4n) is 3.94. The zero-order valence-corrected chi connectivity index (χ0v) is 17.4. The Hall–Kier alpha value is -2.76. The average Bonchev–Trinajstić information content (AvgIpc) is 2.72. The van der Waals surface area contributed by atoms with Crippen LogP contribution < -0.4 is 5.32 Å². The van der Waals surface area contributed by atoms with Crippen molar-refractivity contribution >= 4 is 11.8 Å². The van der Waals surface area contributed by atoms with E-state index >= 15 is 0 Å². The number of nitrogens with one attached hydrogen (secondary N) is 1. The molecule has 2 aromatic rings. The van der Waals surface area contributed by atoms with Crippen LogP contribution >= 0.6 is 0 Å². The number of benzene rings is 2. The number of nitrogens with zero attached hydrogens (tertiary/aromatic N) is 1. The number of carbonyl (C=O) groups is 2. The molecule has 3 rings (SSSR count). The van der Waals surface area contributed by atoms with Crippen LogP contribution in [0.1, 0.15) is 42.6 Å². The average molecular weight is 414 g/mol. The van der Waals surface area contributed by atoms with E-state index in [2.05, 4.69) is 17.4 Å². The van der Waals surface area contributed by atoms with Crippen LogP contribution in [0.4, 0.5) is 8.78 Å². The lowest BCUT2D eigenvalue weighted by Gasteiger charge is -2.35. The van der Waals surface area contributed by atoms with Crippen LogP contribution in [-0.4, -0.2) is 35.8 Å². The van der Waals surface area contributed by atoms with Gasteiger partial charge in [-0.2, -0.15) is 0 Å². The molecule has 1 heterocycles. The van der Waals surface area contributed by atoms with Crippen LogP contribution in [0.2, 0.25) is 0 Å². The van der Waals surface area contributed by atoms with Gasteiger partial charge >= 0.3 is 0 Å². The Morgan fingerprint density at radius 3 is 2.17 bits per heavy atom. The molecule has 1 N–H and O–H groups in total. The summed E-state index contributed by atoms with van der Waals surface area (Å²) in [7, 11) is 0. The molecule has 0 bridgehead atoms. The second-order valence-electron chi connectivity index (χ2n) is 8.25. The number of carbonyl (C=O) groups excluding carboxylic acids is 2. The van der Waals surface area contributed by atoms with Gasteiger partial charge in [-0.3, -0.25) is 9.59 Å². The van der Waals surface area contributed by atoms with E-state index < -0.39 is 29.1 Å². The van der Waals surface area contributed by atoms with E-state index in [4.69, 9.17) is 0 Å². The van der Waals surface area contributed by atoms with Crippen molar-refractivity contribution in [3.8, 4) is 0 Å². The van der Waals surface area contributed by atoms with Crippen LogP contribution in [0, 0.1) is 23.5 Å². The summed E-state index contributed by atoms with van der Waals surface area (Å²) >= 11 is 0.